The molecule has 2 heterocycles. The number of hydrogen-bond donors (Lipinski definition) is 0. The molecular formula is C25H31N3O5S. The highest BCUT2D eigenvalue weighted by molar-refractivity contribution is 7.99. The second kappa shape index (κ2) is 11.4. The van der Waals surface area contributed by atoms with E-state index in [1.54, 1.807) is 30.5 Å². The highest BCUT2D eigenvalue weighted by Crippen LogP contribution is 2.22. The predicted octanol–water partition coefficient (Wildman–Crippen LogP) is 4.34. The van der Waals surface area contributed by atoms with Gasteiger partial charge in [-0.1, -0.05) is 25.6 Å². The van der Waals surface area contributed by atoms with Gasteiger partial charge in [-0.15, -0.1) is 0 Å². The Labute approximate surface area is 203 Å². The van der Waals surface area contributed by atoms with Gasteiger partial charge in [-0.05, 0) is 57.0 Å². The molecule has 9 heteroatoms. The van der Waals surface area contributed by atoms with Crippen molar-refractivity contribution in [1.82, 2.24) is 14.5 Å². The van der Waals surface area contributed by atoms with Gasteiger partial charge in [0.15, 0.2) is 5.16 Å². The van der Waals surface area contributed by atoms with Gasteiger partial charge in [0.1, 0.15) is 5.76 Å². The molecule has 0 aliphatic carbocycles. The maximum atomic E-state index is 13.4. The van der Waals surface area contributed by atoms with Gasteiger partial charge in [-0.2, -0.15) is 0 Å². The summed E-state index contributed by atoms with van der Waals surface area (Å²) in [5.74, 6) is 0.228. The summed E-state index contributed by atoms with van der Waals surface area (Å²) in [4.78, 5) is 45.1. The normalized spacial score (nSPS) is 13.0. The Balaban J connectivity index is 2.01. The summed E-state index contributed by atoms with van der Waals surface area (Å²) in [7, 11) is 1.30. The minimum atomic E-state index is -0.509. The van der Waals surface area contributed by atoms with Crippen LogP contribution in [-0.2, 0) is 16.1 Å². The summed E-state index contributed by atoms with van der Waals surface area (Å²) < 4.78 is 11.7. The number of hydrogen-bond acceptors (Lipinski definition) is 7. The smallest absolute Gasteiger partial charge is 0.337 e. The second-order valence-corrected chi connectivity index (χ2v) is 9.14. The number of rotatable bonds is 10. The third kappa shape index (κ3) is 5.52. The molecule has 1 aromatic carbocycles. The van der Waals surface area contributed by atoms with E-state index < -0.39 is 5.97 Å². The van der Waals surface area contributed by atoms with Crippen LogP contribution in [0.1, 0.15) is 56.7 Å². The summed E-state index contributed by atoms with van der Waals surface area (Å²) in [5.41, 5.74) is 0.408. The molecule has 2 atom stereocenters. The zero-order valence-electron chi connectivity index (χ0n) is 20.2. The quantitative estimate of drug-likeness (QED) is 0.239. The summed E-state index contributed by atoms with van der Waals surface area (Å²) in [6, 6.07) is 8.41. The second-order valence-electron chi connectivity index (χ2n) is 8.19. The minimum absolute atomic E-state index is 0.00379. The highest BCUT2D eigenvalue weighted by Gasteiger charge is 2.24. The van der Waals surface area contributed by atoms with Crippen molar-refractivity contribution >= 4 is 34.5 Å². The van der Waals surface area contributed by atoms with Gasteiger partial charge in [0.05, 0.1) is 42.1 Å². The SMILES string of the molecule is CCC(C)N(C(=O)CSc1nc2cc(C(=O)OC)ccc2c(=O)n1Cc1ccco1)C(C)CC. The molecule has 0 fully saturated rings. The van der Waals surface area contributed by atoms with Crippen molar-refractivity contribution in [2.45, 2.75) is 64.3 Å². The largest absolute Gasteiger partial charge is 0.467 e. The predicted molar refractivity (Wildman–Crippen MR) is 132 cm³/mol. The molecule has 2 unspecified atom stereocenters. The molecule has 2 aromatic heterocycles. The number of ether oxygens (including phenoxy) is 1. The van der Waals surface area contributed by atoms with E-state index in [2.05, 4.69) is 18.8 Å². The lowest BCUT2D eigenvalue weighted by atomic mass is 10.1. The molecule has 0 spiro atoms. The van der Waals surface area contributed by atoms with E-state index in [1.807, 2.05) is 18.7 Å². The number of amides is 1. The maximum Gasteiger partial charge on any atom is 0.337 e. The fraction of sp³-hybridized carbons (Fsp3) is 0.440. The van der Waals surface area contributed by atoms with Crippen LogP contribution < -0.4 is 5.56 Å². The van der Waals surface area contributed by atoms with Crippen molar-refractivity contribution in [3.8, 4) is 0 Å². The number of furan rings is 1. The molecule has 0 aliphatic rings. The van der Waals surface area contributed by atoms with Gasteiger partial charge < -0.3 is 14.1 Å². The summed E-state index contributed by atoms with van der Waals surface area (Å²) >= 11 is 1.21. The first-order valence-corrected chi connectivity index (χ1v) is 12.4. The zero-order valence-corrected chi connectivity index (χ0v) is 21.1. The van der Waals surface area contributed by atoms with Crippen LogP contribution in [0.3, 0.4) is 0 Å². The topological polar surface area (TPSA) is 94.6 Å². The van der Waals surface area contributed by atoms with E-state index in [4.69, 9.17) is 9.15 Å². The Morgan fingerprint density at radius 1 is 1.18 bits per heavy atom. The Kier molecular flexibility index (Phi) is 8.55. The number of methoxy groups -OCH3 is 1. The number of thioether (sulfide) groups is 1. The summed E-state index contributed by atoms with van der Waals surface area (Å²) in [6.07, 6.45) is 3.26. The Bertz CT molecular complexity index is 1200. The van der Waals surface area contributed by atoms with Crippen LogP contribution in [0, 0.1) is 0 Å². The molecule has 0 aliphatic heterocycles. The number of fused-ring (bicyclic) bond motifs is 1. The molecule has 0 saturated heterocycles. The fourth-order valence-electron chi connectivity index (χ4n) is 3.77. The van der Waals surface area contributed by atoms with Crippen LogP contribution in [0.2, 0.25) is 0 Å². The van der Waals surface area contributed by atoms with Crippen LogP contribution in [0.25, 0.3) is 10.9 Å². The molecule has 1 amide bonds. The maximum absolute atomic E-state index is 13.4. The lowest BCUT2D eigenvalue weighted by Crippen LogP contribution is -2.45. The molecule has 0 saturated carbocycles. The third-order valence-corrected chi connectivity index (χ3v) is 6.94. The van der Waals surface area contributed by atoms with Crippen molar-refractivity contribution in [2.75, 3.05) is 12.9 Å². The first-order valence-electron chi connectivity index (χ1n) is 11.4. The van der Waals surface area contributed by atoms with Crippen molar-refractivity contribution in [3.05, 3.63) is 58.3 Å². The lowest BCUT2D eigenvalue weighted by molar-refractivity contribution is -0.132. The van der Waals surface area contributed by atoms with Crippen LogP contribution in [0.15, 0.2) is 51.0 Å². The average molecular weight is 486 g/mol. The minimum Gasteiger partial charge on any atom is -0.467 e. The highest BCUT2D eigenvalue weighted by atomic mass is 32.2. The van der Waals surface area contributed by atoms with Crippen LogP contribution in [0.4, 0.5) is 0 Å². The molecule has 8 nitrogen and oxygen atoms in total. The van der Waals surface area contributed by atoms with Crippen molar-refractivity contribution in [1.29, 1.82) is 0 Å². The van der Waals surface area contributed by atoms with Gasteiger partial charge in [0.2, 0.25) is 5.91 Å². The molecule has 182 valence electrons. The molecule has 34 heavy (non-hydrogen) atoms. The van der Waals surface area contributed by atoms with E-state index in [1.165, 1.54) is 29.5 Å². The van der Waals surface area contributed by atoms with Gasteiger partial charge in [-0.3, -0.25) is 14.2 Å². The number of carbonyl (C=O) groups is 2. The van der Waals surface area contributed by atoms with Crippen molar-refractivity contribution in [2.24, 2.45) is 0 Å². The standard InChI is InChI=1S/C25H31N3O5S/c1-6-16(3)28(17(4)7-2)22(29)15-34-25-26-21-13-18(24(31)32-5)10-11-20(21)23(30)27(25)14-19-9-8-12-33-19/h8-13,16-17H,6-7,14-15H2,1-5H3. The average Bonchev–Trinajstić information content (AvgIpc) is 3.36. The van der Waals surface area contributed by atoms with E-state index in [9.17, 15) is 14.4 Å². The van der Waals surface area contributed by atoms with Gasteiger partial charge in [0.25, 0.3) is 5.56 Å². The number of esters is 1. The molecule has 3 aromatic rings. The number of carbonyl (C=O) groups excluding carboxylic acids is 2. The molecule has 0 N–H and O–H groups in total. The van der Waals surface area contributed by atoms with E-state index in [0.717, 1.165) is 12.8 Å². The molecule has 0 bridgehead atoms. The van der Waals surface area contributed by atoms with Crippen LogP contribution >= 0.6 is 11.8 Å². The lowest BCUT2D eigenvalue weighted by Gasteiger charge is -2.34. The van der Waals surface area contributed by atoms with Crippen molar-refractivity contribution < 1.29 is 18.7 Å². The molecule has 3 rings (SSSR count). The summed E-state index contributed by atoms with van der Waals surface area (Å²) in [5, 5.41) is 0.758. The van der Waals surface area contributed by atoms with Crippen LogP contribution in [-0.4, -0.2) is 51.3 Å². The van der Waals surface area contributed by atoms with Crippen LogP contribution in [0.5, 0.6) is 0 Å². The first kappa shape index (κ1) is 25.6. The number of nitrogens with zero attached hydrogens (tertiary/aromatic N) is 3. The van der Waals surface area contributed by atoms with Gasteiger partial charge in [0, 0.05) is 12.1 Å². The Morgan fingerprint density at radius 3 is 2.47 bits per heavy atom. The fourth-order valence-corrected chi connectivity index (χ4v) is 4.64. The van der Waals surface area contributed by atoms with E-state index in [-0.39, 0.29) is 35.8 Å². The van der Waals surface area contributed by atoms with E-state index >= 15 is 0 Å². The molecule has 0 radical (unpaired) electrons. The number of aromatic nitrogens is 2. The van der Waals surface area contributed by atoms with E-state index in [0.29, 0.717) is 27.4 Å². The number of benzene rings is 1. The van der Waals surface area contributed by atoms with Gasteiger partial charge in [-0.25, -0.2) is 9.78 Å². The van der Waals surface area contributed by atoms with Gasteiger partial charge >= 0.3 is 5.97 Å². The molecular weight excluding hydrogens is 454 g/mol. The van der Waals surface area contributed by atoms with Crippen molar-refractivity contribution in [3.63, 3.8) is 0 Å². The Hall–Kier alpha value is -3.07. The first-order chi connectivity index (χ1) is 16.3. The monoisotopic (exact) mass is 485 g/mol. The zero-order chi connectivity index (χ0) is 24.8. The summed E-state index contributed by atoms with van der Waals surface area (Å²) in [6.45, 7) is 8.40. The third-order valence-electron chi connectivity index (χ3n) is 5.98. The Morgan fingerprint density at radius 2 is 1.88 bits per heavy atom.